The van der Waals surface area contributed by atoms with Gasteiger partial charge in [0.1, 0.15) is 16.3 Å². The number of hydrogen-bond donors (Lipinski definition) is 0. The Bertz CT molecular complexity index is 1960. The molecule has 5 rings (SSSR count). The number of ether oxygens (including phenoxy) is 1. The molecule has 41 heavy (non-hydrogen) atoms. The van der Waals surface area contributed by atoms with Crippen molar-refractivity contribution in [1.29, 1.82) is 0 Å². The maximum Gasteiger partial charge on any atom is 0.249 e. The smallest absolute Gasteiger partial charge is 0.249 e. The molecule has 2 unspecified atom stereocenters. The lowest BCUT2D eigenvalue weighted by molar-refractivity contribution is 0.436. The van der Waals surface area contributed by atoms with E-state index in [4.69, 9.17) is 4.74 Å². The van der Waals surface area contributed by atoms with Gasteiger partial charge in [-0.3, -0.25) is 0 Å². The van der Waals surface area contributed by atoms with Gasteiger partial charge in [-0.25, -0.2) is 34.6 Å². The van der Waals surface area contributed by atoms with E-state index in [9.17, 15) is 25.6 Å². The van der Waals surface area contributed by atoms with Crippen LogP contribution in [-0.4, -0.2) is 36.8 Å². The third kappa shape index (κ3) is 5.08. The molecular formula is C30H28F2N2O5S2. The minimum Gasteiger partial charge on any atom is -0.454 e. The Hall–Kier alpha value is -3.83. The highest BCUT2D eigenvalue weighted by Gasteiger charge is 2.43. The number of nitrogens with zero attached hydrogens (tertiary/aromatic N) is 2. The van der Waals surface area contributed by atoms with Crippen molar-refractivity contribution in [3.8, 4) is 11.5 Å². The van der Waals surface area contributed by atoms with Crippen LogP contribution in [0, 0.1) is 11.6 Å². The minimum absolute atomic E-state index is 0.0930. The van der Waals surface area contributed by atoms with Crippen LogP contribution in [0.1, 0.15) is 43.6 Å². The Balaban J connectivity index is 1.59. The monoisotopic (exact) mass is 598 g/mol. The van der Waals surface area contributed by atoms with E-state index in [-0.39, 0.29) is 17.9 Å². The van der Waals surface area contributed by atoms with Crippen molar-refractivity contribution >= 4 is 36.5 Å². The Labute approximate surface area is 237 Å². The van der Waals surface area contributed by atoms with Crippen LogP contribution in [0.3, 0.4) is 0 Å². The average Bonchev–Trinajstić information content (AvgIpc) is 3.36. The van der Waals surface area contributed by atoms with Crippen molar-refractivity contribution < 1.29 is 30.4 Å². The molecule has 0 saturated heterocycles. The second-order valence-corrected chi connectivity index (χ2v) is 15.0. The molecule has 0 amide bonds. The molecule has 0 spiro atoms. The summed E-state index contributed by atoms with van der Waals surface area (Å²) in [6, 6.07) is 12.9. The number of allylic oxidation sites excluding steroid dienone is 3. The van der Waals surface area contributed by atoms with E-state index < -0.39 is 41.5 Å². The van der Waals surface area contributed by atoms with Gasteiger partial charge in [-0.15, -0.1) is 0 Å². The van der Waals surface area contributed by atoms with Crippen LogP contribution < -0.4 is 4.74 Å². The highest BCUT2D eigenvalue weighted by Crippen LogP contribution is 2.43. The Morgan fingerprint density at radius 3 is 2.44 bits per heavy atom. The van der Waals surface area contributed by atoms with Gasteiger partial charge < -0.3 is 4.74 Å². The molecule has 0 bridgehead atoms. The predicted octanol–water partition coefficient (Wildman–Crippen LogP) is 6.58. The fourth-order valence-electron chi connectivity index (χ4n) is 4.80. The van der Waals surface area contributed by atoms with Crippen LogP contribution in [0.2, 0.25) is 0 Å². The van der Waals surface area contributed by atoms with Gasteiger partial charge in [0.25, 0.3) is 0 Å². The molecular weight excluding hydrogens is 570 g/mol. The van der Waals surface area contributed by atoms with E-state index >= 15 is 0 Å². The van der Waals surface area contributed by atoms with Crippen LogP contribution in [0.5, 0.6) is 11.5 Å². The largest absolute Gasteiger partial charge is 0.454 e. The number of aromatic nitrogens is 2. The fourth-order valence-corrected chi connectivity index (χ4v) is 7.24. The van der Waals surface area contributed by atoms with Gasteiger partial charge in [-0.05, 0) is 86.4 Å². The molecule has 0 aliphatic heterocycles. The molecule has 7 nitrogen and oxygen atoms in total. The van der Waals surface area contributed by atoms with Crippen molar-refractivity contribution in [2.75, 3.05) is 6.26 Å². The SMILES string of the molecule is CC1=CC(c2cc(C(C)S(C)(=O)=O)ccc2Oc2ccc(F)cc2F)=CCC1(C)S(=O)(=O)n1ccc2cccnc21. The topological polar surface area (TPSA) is 95.3 Å². The first-order valence-electron chi connectivity index (χ1n) is 12.7. The van der Waals surface area contributed by atoms with E-state index in [2.05, 4.69) is 4.98 Å². The van der Waals surface area contributed by atoms with Crippen LogP contribution in [0.15, 0.2) is 84.7 Å². The van der Waals surface area contributed by atoms with Gasteiger partial charge in [-0.1, -0.05) is 18.2 Å². The van der Waals surface area contributed by atoms with E-state index in [1.54, 1.807) is 63.3 Å². The summed E-state index contributed by atoms with van der Waals surface area (Å²) >= 11 is 0. The van der Waals surface area contributed by atoms with Crippen LogP contribution >= 0.6 is 0 Å². The molecule has 11 heteroatoms. The lowest BCUT2D eigenvalue weighted by Gasteiger charge is -2.33. The summed E-state index contributed by atoms with van der Waals surface area (Å²) in [4.78, 5) is 4.26. The molecule has 0 radical (unpaired) electrons. The highest BCUT2D eigenvalue weighted by molar-refractivity contribution is 7.91. The summed E-state index contributed by atoms with van der Waals surface area (Å²) < 4.78 is 86.2. The molecule has 2 aromatic carbocycles. The van der Waals surface area contributed by atoms with Crippen molar-refractivity contribution in [3.63, 3.8) is 0 Å². The van der Waals surface area contributed by atoms with Crippen LogP contribution in [-0.2, 0) is 19.9 Å². The first-order chi connectivity index (χ1) is 19.2. The molecule has 1 aliphatic rings. The van der Waals surface area contributed by atoms with Gasteiger partial charge in [0.2, 0.25) is 10.0 Å². The molecule has 4 aromatic rings. The van der Waals surface area contributed by atoms with Gasteiger partial charge in [0.05, 0.1) is 5.25 Å². The summed E-state index contributed by atoms with van der Waals surface area (Å²) in [5.74, 6) is -1.68. The molecule has 2 aromatic heterocycles. The van der Waals surface area contributed by atoms with E-state index in [1.165, 1.54) is 22.4 Å². The highest BCUT2D eigenvalue weighted by atomic mass is 32.2. The van der Waals surface area contributed by atoms with Crippen molar-refractivity contribution in [2.24, 2.45) is 0 Å². The third-order valence-corrected chi connectivity index (χ3v) is 11.7. The molecule has 0 saturated carbocycles. The van der Waals surface area contributed by atoms with Gasteiger partial charge >= 0.3 is 0 Å². The molecule has 0 fully saturated rings. The lowest BCUT2D eigenvalue weighted by atomic mass is 9.86. The van der Waals surface area contributed by atoms with Gasteiger partial charge in [-0.2, -0.15) is 0 Å². The summed E-state index contributed by atoms with van der Waals surface area (Å²) in [6.07, 6.45) is 7.70. The maximum atomic E-state index is 14.5. The average molecular weight is 599 g/mol. The normalized spacial score (nSPS) is 18.6. The van der Waals surface area contributed by atoms with Crippen molar-refractivity contribution in [3.05, 3.63) is 107 Å². The zero-order valence-electron chi connectivity index (χ0n) is 22.8. The molecule has 214 valence electrons. The van der Waals surface area contributed by atoms with Crippen molar-refractivity contribution in [1.82, 2.24) is 8.96 Å². The summed E-state index contributed by atoms with van der Waals surface area (Å²) in [6.45, 7) is 4.92. The van der Waals surface area contributed by atoms with Crippen LogP contribution in [0.25, 0.3) is 16.6 Å². The zero-order chi connectivity index (χ0) is 29.7. The molecule has 0 N–H and O–H groups in total. The number of pyridine rings is 1. The van der Waals surface area contributed by atoms with E-state index in [1.807, 2.05) is 0 Å². The fraction of sp³-hybridized carbons (Fsp3) is 0.233. The van der Waals surface area contributed by atoms with E-state index in [0.29, 0.717) is 39.4 Å². The van der Waals surface area contributed by atoms with Gasteiger partial charge in [0.15, 0.2) is 27.1 Å². The first-order valence-corrected chi connectivity index (χ1v) is 16.1. The zero-order valence-corrected chi connectivity index (χ0v) is 24.4. The van der Waals surface area contributed by atoms with Gasteiger partial charge in [0, 0.05) is 35.7 Å². The Morgan fingerprint density at radius 2 is 1.76 bits per heavy atom. The number of rotatable bonds is 7. The predicted molar refractivity (Wildman–Crippen MR) is 155 cm³/mol. The van der Waals surface area contributed by atoms with E-state index in [0.717, 1.165) is 18.4 Å². The number of sulfone groups is 1. The number of fused-ring (bicyclic) bond motifs is 1. The quantitative estimate of drug-likeness (QED) is 0.238. The molecule has 2 atom stereocenters. The lowest BCUT2D eigenvalue weighted by Crippen LogP contribution is -2.41. The Kier molecular flexibility index (Phi) is 7.15. The maximum absolute atomic E-state index is 14.5. The molecule has 1 aliphatic carbocycles. The standard InChI is InChI=1S/C30H28F2N2O5S2/c1-19-16-23(11-13-30(19,3)41(37,38)34-15-12-21-6-5-14-33-29(21)34)25-17-22(20(2)40(4,35)36)7-9-27(25)39-28-10-8-24(31)18-26(28)32/h5-12,14-18,20H,13H2,1-4H3. The summed E-state index contributed by atoms with van der Waals surface area (Å²) in [5.41, 5.74) is 2.36. The third-order valence-electron chi connectivity index (χ3n) is 7.70. The van der Waals surface area contributed by atoms with Crippen molar-refractivity contribution in [2.45, 2.75) is 37.2 Å². The number of benzene rings is 2. The second kappa shape index (κ2) is 10.2. The first kappa shape index (κ1) is 28.7. The minimum atomic E-state index is -3.96. The Morgan fingerprint density at radius 1 is 1.02 bits per heavy atom. The number of halogens is 2. The molecule has 2 heterocycles. The summed E-state index contributed by atoms with van der Waals surface area (Å²) in [7, 11) is -7.41. The van der Waals surface area contributed by atoms with Crippen LogP contribution in [0.4, 0.5) is 8.78 Å². The number of hydrogen-bond acceptors (Lipinski definition) is 6. The summed E-state index contributed by atoms with van der Waals surface area (Å²) in [5, 5.41) is -0.146. The second-order valence-electron chi connectivity index (χ2n) is 10.4.